The van der Waals surface area contributed by atoms with Crippen molar-refractivity contribution in [3.63, 3.8) is 0 Å². The number of hydrogen-bond acceptors (Lipinski definition) is 3. The highest BCUT2D eigenvalue weighted by molar-refractivity contribution is 7.92. The Kier molecular flexibility index (Phi) is 3.83. The van der Waals surface area contributed by atoms with Crippen molar-refractivity contribution in [1.29, 1.82) is 0 Å². The second-order valence-electron chi connectivity index (χ2n) is 7.75. The summed E-state index contributed by atoms with van der Waals surface area (Å²) >= 11 is 0. The predicted molar refractivity (Wildman–Crippen MR) is 82.5 cm³/mol. The van der Waals surface area contributed by atoms with Gasteiger partial charge in [-0.15, -0.1) is 0 Å². The van der Waals surface area contributed by atoms with Gasteiger partial charge in [-0.3, -0.25) is 4.79 Å². The second-order valence-corrected chi connectivity index (χ2v) is 10.1. The Balaban J connectivity index is 1.65. The first-order valence-corrected chi connectivity index (χ1v) is 10.1. The van der Waals surface area contributed by atoms with E-state index in [1.807, 2.05) is 0 Å². The minimum atomic E-state index is -3.23. The van der Waals surface area contributed by atoms with E-state index in [9.17, 15) is 13.2 Å². The quantitative estimate of drug-likeness (QED) is 0.846. The van der Waals surface area contributed by atoms with Crippen molar-refractivity contribution in [1.82, 2.24) is 5.32 Å². The van der Waals surface area contributed by atoms with Crippen LogP contribution in [-0.4, -0.2) is 31.9 Å². The maximum Gasteiger partial charge on any atom is 0.235 e. The molecule has 120 valence electrons. The molecule has 4 aliphatic carbocycles. The van der Waals surface area contributed by atoms with E-state index in [-0.39, 0.29) is 28.9 Å². The molecule has 5 heteroatoms. The first-order chi connectivity index (χ1) is 9.82. The molecule has 4 rings (SSSR count). The Hall–Kier alpha value is -0.580. The fraction of sp³-hybridized carbons (Fsp3) is 0.938. The van der Waals surface area contributed by atoms with Crippen LogP contribution in [0.5, 0.6) is 0 Å². The first-order valence-electron chi connectivity index (χ1n) is 8.32. The average molecular weight is 313 g/mol. The van der Waals surface area contributed by atoms with Gasteiger partial charge in [-0.25, -0.2) is 8.42 Å². The van der Waals surface area contributed by atoms with Gasteiger partial charge in [0.2, 0.25) is 5.91 Å². The zero-order chi connectivity index (χ0) is 15.3. The van der Waals surface area contributed by atoms with Crippen LogP contribution >= 0.6 is 0 Å². The van der Waals surface area contributed by atoms with Crippen molar-refractivity contribution >= 4 is 15.7 Å². The molecule has 0 aromatic carbocycles. The summed E-state index contributed by atoms with van der Waals surface area (Å²) in [5.74, 6) is 1.88. The number of nitrogens with one attached hydrogen (secondary N) is 1. The molecule has 1 atom stereocenters. The summed E-state index contributed by atoms with van der Waals surface area (Å²) < 4.78 is 23.2. The summed E-state index contributed by atoms with van der Waals surface area (Å²) in [5.41, 5.74) is 0.236. The highest BCUT2D eigenvalue weighted by atomic mass is 32.2. The average Bonchev–Trinajstić information content (AvgIpc) is 2.36. The molecule has 4 bridgehead atoms. The Labute approximate surface area is 128 Å². The summed E-state index contributed by atoms with van der Waals surface area (Å²) in [4.78, 5) is 12.0. The zero-order valence-electron chi connectivity index (χ0n) is 13.1. The molecule has 0 aliphatic heterocycles. The van der Waals surface area contributed by atoms with E-state index in [1.54, 1.807) is 6.92 Å². The third-order valence-electron chi connectivity index (χ3n) is 6.17. The maximum absolute atomic E-state index is 12.0. The van der Waals surface area contributed by atoms with Crippen molar-refractivity contribution in [3.8, 4) is 0 Å². The first kappa shape index (κ1) is 15.3. The summed E-state index contributed by atoms with van der Waals surface area (Å²) in [6.45, 7) is 3.68. The molecule has 0 unspecified atom stereocenters. The molecular formula is C16H27NO3S. The summed E-state index contributed by atoms with van der Waals surface area (Å²) in [5, 5.41) is 3.01. The summed E-state index contributed by atoms with van der Waals surface area (Å²) in [6.07, 6.45) is 7.81. The SMILES string of the molecule is CCS(=O)(=O)CC(=O)N[C@H](C)C12CC3CC(CC(C3)C1)C2. The molecule has 4 saturated carbocycles. The number of carbonyl (C=O) groups is 1. The van der Waals surface area contributed by atoms with E-state index >= 15 is 0 Å². The van der Waals surface area contributed by atoms with E-state index < -0.39 is 9.84 Å². The van der Waals surface area contributed by atoms with E-state index in [1.165, 1.54) is 38.5 Å². The third-order valence-corrected chi connectivity index (χ3v) is 7.75. The summed E-state index contributed by atoms with van der Waals surface area (Å²) in [6, 6.07) is 0.102. The van der Waals surface area contributed by atoms with Crippen molar-refractivity contribution in [3.05, 3.63) is 0 Å². The Bertz CT molecular complexity index is 490. The molecule has 21 heavy (non-hydrogen) atoms. The lowest BCUT2D eigenvalue weighted by Gasteiger charge is -2.59. The predicted octanol–water partition coefficient (Wildman–Crippen LogP) is 2.14. The van der Waals surface area contributed by atoms with Gasteiger partial charge in [0.1, 0.15) is 5.75 Å². The number of sulfone groups is 1. The van der Waals surface area contributed by atoms with Crippen LogP contribution in [0.1, 0.15) is 52.4 Å². The van der Waals surface area contributed by atoms with Gasteiger partial charge < -0.3 is 5.32 Å². The van der Waals surface area contributed by atoms with Gasteiger partial charge in [0.25, 0.3) is 0 Å². The second kappa shape index (κ2) is 5.25. The van der Waals surface area contributed by atoms with Gasteiger partial charge in [-0.1, -0.05) is 6.92 Å². The molecule has 4 fully saturated rings. The molecule has 0 heterocycles. The fourth-order valence-corrected chi connectivity index (χ4v) is 6.13. The number of carbonyl (C=O) groups excluding carboxylic acids is 1. The van der Waals surface area contributed by atoms with E-state index in [0.29, 0.717) is 0 Å². The largest absolute Gasteiger partial charge is 0.352 e. The van der Waals surface area contributed by atoms with Crippen molar-refractivity contribution in [2.45, 2.75) is 58.4 Å². The number of hydrogen-bond donors (Lipinski definition) is 1. The molecule has 0 spiro atoms. The van der Waals surface area contributed by atoms with Crippen LogP contribution in [0.2, 0.25) is 0 Å². The number of rotatable bonds is 5. The molecular weight excluding hydrogens is 286 g/mol. The van der Waals surface area contributed by atoms with Gasteiger partial charge in [-0.05, 0) is 68.6 Å². The van der Waals surface area contributed by atoms with Crippen LogP contribution in [0, 0.1) is 23.2 Å². The lowest BCUT2D eigenvalue weighted by atomic mass is 9.48. The number of amides is 1. The van der Waals surface area contributed by atoms with Crippen LogP contribution < -0.4 is 5.32 Å². The van der Waals surface area contributed by atoms with Gasteiger partial charge in [0, 0.05) is 11.8 Å². The zero-order valence-corrected chi connectivity index (χ0v) is 13.9. The maximum atomic E-state index is 12.0. The highest BCUT2D eigenvalue weighted by Crippen LogP contribution is 2.61. The van der Waals surface area contributed by atoms with Crippen molar-refractivity contribution in [2.24, 2.45) is 23.2 Å². The third kappa shape index (κ3) is 2.99. The monoisotopic (exact) mass is 313 g/mol. The Morgan fingerprint density at radius 1 is 1.14 bits per heavy atom. The lowest BCUT2D eigenvalue weighted by Crippen LogP contribution is -2.56. The molecule has 0 radical (unpaired) electrons. The van der Waals surface area contributed by atoms with Crippen LogP contribution in [0.25, 0.3) is 0 Å². The molecule has 0 aromatic heterocycles. The minimum Gasteiger partial charge on any atom is -0.352 e. The van der Waals surface area contributed by atoms with Crippen LogP contribution in [0.15, 0.2) is 0 Å². The van der Waals surface area contributed by atoms with Gasteiger partial charge >= 0.3 is 0 Å². The van der Waals surface area contributed by atoms with E-state index in [4.69, 9.17) is 0 Å². The van der Waals surface area contributed by atoms with Crippen LogP contribution in [-0.2, 0) is 14.6 Å². The fourth-order valence-electron chi connectivity index (χ4n) is 5.45. The van der Waals surface area contributed by atoms with Gasteiger partial charge in [0.15, 0.2) is 9.84 Å². The minimum absolute atomic E-state index is 0.0339. The molecule has 4 nitrogen and oxygen atoms in total. The van der Waals surface area contributed by atoms with E-state index in [0.717, 1.165) is 17.8 Å². The normalized spacial score (nSPS) is 39.2. The van der Waals surface area contributed by atoms with Crippen LogP contribution in [0.4, 0.5) is 0 Å². The Morgan fingerprint density at radius 3 is 2.05 bits per heavy atom. The highest BCUT2D eigenvalue weighted by Gasteiger charge is 2.53. The van der Waals surface area contributed by atoms with Crippen LogP contribution in [0.3, 0.4) is 0 Å². The lowest BCUT2D eigenvalue weighted by molar-refractivity contribution is -0.123. The molecule has 4 aliphatic rings. The Morgan fingerprint density at radius 2 is 1.62 bits per heavy atom. The van der Waals surface area contributed by atoms with Gasteiger partial charge in [-0.2, -0.15) is 0 Å². The summed E-state index contributed by atoms with van der Waals surface area (Å²) in [7, 11) is -3.23. The molecule has 0 saturated heterocycles. The van der Waals surface area contributed by atoms with Crippen molar-refractivity contribution < 1.29 is 13.2 Å². The smallest absolute Gasteiger partial charge is 0.235 e. The van der Waals surface area contributed by atoms with Gasteiger partial charge in [0.05, 0.1) is 0 Å². The standard InChI is InChI=1S/C16H27NO3S/c1-3-21(19,20)10-15(18)17-11(2)16-7-12-4-13(8-16)6-14(5-12)9-16/h11-14H,3-10H2,1-2H3,(H,17,18)/t11-,12?,13?,14?,16?/m1/s1. The topological polar surface area (TPSA) is 63.2 Å². The molecule has 1 amide bonds. The van der Waals surface area contributed by atoms with E-state index in [2.05, 4.69) is 12.2 Å². The molecule has 0 aromatic rings. The van der Waals surface area contributed by atoms with Crippen molar-refractivity contribution in [2.75, 3.05) is 11.5 Å². The molecule has 1 N–H and O–H groups in total.